The van der Waals surface area contributed by atoms with Gasteiger partial charge < -0.3 is 15.5 Å². The summed E-state index contributed by atoms with van der Waals surface area (Å²) in [6, 6.07) is 3.66. The molecule has 19 heavy (non-hydrogen) atoms. The highest BCUT2D eigenvalue weighted by Gasteiger charge is 2.18. The van der Waals surface area contributed by atoms with E-state index in [4.69, 9.17) is 0 Å². The molecule has 0 radical (unpaired) electrons. The van der Waals surface area contributed by atoms with E-state index in [9.17, 15) is 14.6 Å². The van der Waals surface area contributed by atoms with Crippen molar-refractivity contribution in [3.05, 3.63) is 29.6 Å². The number of hydrogen-bond acceptors (Lipinski definition) is 3. The minimum Gasteiger partial charge on any atom is -0.508 e. The topological polar surface area (TPSA) is 52.5 Å². The van der Waals surface area contributed by atoms with Gasteiger partial charge in [0.25, 0.3) is 0 Å². The summed E-state index contributed by atoms with van der Waals surface area (Å²) < 4.78 is 13.1. The Morgan fingerprint density at radius 2 is 1.95 bits per heavy atom. The molecule has 0 amide bonds. The smallest absolute Gasteiger partial charge is 0.123 e. The molecule has 2 unspecified atom stereocenters. The lowest BCUT2D eigenvalue weighted by atomic mass is 9.89. The molecule has 2 atom stereocenters. The maximum atomic E-state index is 13.1. The quantitative estimate of drug-likeness (QED) is 0.770. The minimum absolute atomic E-state index is 0.0608. The van der Waals surface area contributed by atoms with Gasteiger partial charge in [-0.1, -0.05) is 20.8 Å². The molecule has 0 bridgehead atoms. The molecule has 0 aromatic heterocycles. The third kappa shape index (κ3) is 5.57. The van der Waals surface area contributed by atoms with Gasteiger partial charge in [-0.25, -0.2) is 4.39 Å². The Morgan fingerprint density at radius 1 is 1.32 bits per heavy atom. The first-order valence-electron chi connectivity index (χ1n) is 6.59. The van der Waals surface area contributed by atoms with Gasteiger partial charge in [0, 0.05) is 18.2 Å². The Kier molecular flexibility index (Phi) is 5.32. The summed E-state index contributed by atoms with van der Waals surface area (Å²) in [6.07, 6.45) is 0.222. The van der Waals surface area contributed by atoms with Crippen molar-refractivity contribution in [2.75, 3.05) is 6.54 Å². The van der Waals surface area contributed by atoms with Gasteiger partial charge in [0.05, 0.1) is 6.10 Å². The Bertz CT molecular complexity index is 415. The Morgan fingerprint density at radius 3 is 2.53 bits per heavy atom. The van der Waals surface area contributed by atoms with Gasteiger partial charge in [0.15, 0.2) is 0 Å². The van der Waals surface area contributed by atoms with Crippen LogP contribution >= 0.6 is 0 Å². The largest absolute Gasteiger partial charge is 0.508 e. The van der Waals surface area contributed by atoms with Crippen LogP contribution in [0, 0.1) is 11.2 Å². The van der Waals surface area contributed by atoms with E-state index in [1.807, 2.05) is 6.92 Å². The predicted octanol–water partition coefficient (Wildman–Crippen LogP) is 2.98. The van der Waals surface area contributed by atoms with Crippen molar-refractivity contribution in [2.24, 2.45) is 5.41 Å². The third-order valence-electron chi connectivity index (χ3n) is 2.96. The van der Waals surface area contributed by atoms with E-state index >= 15 is 0 Å². The zero-order valence-corrected chi connectivity index (χ0v) is 12.1. The van der Waals surface area contributed by atoms with Crippen LogP contribution in [-0.2, 0) is 0 Å². The number of phenolic OH excluding ortho intramolecular Hbond substituents is 1. The SMILES string of the molecule is CC(NCC(O)CC(C)(C)C)c1cc(F)ccc1O. The number of nitrogens with one attached hydrogen (secondary N) is 1. The maximum Gasteiger partial charge on any atom is 0.123 e. The fourth-order valence-corrected chi connectivity index (χ4v) is 2.07. The molecule has 0 heterocycles. The van der Waals surface area contributed by atoms with Gasteiger partial charge in [-0.15, -0.1) is 0 Å². The van der Waals surface area contributed by atoms with Gasteiger partial charge in [-0.3, -0.25) is 0 Å². The number of benzene rings is 1. The van der Waals surface area contributed by atoms with E-state index in [1.54, 1.807) is 0 Å². The number of aliphatic hydroxyl groups excluding tert-OH is 1. The maximum absolute atomic E-state index is 13.1. The van der Waals surface area contributed by atoms with Gasteiger partial charge in [0.2, 0.25) is 0 Å². The number of rotatable bonds is 5. The molecule has 3 N–H and O–H groups in total. The van der Waals surface area contributed by atoms with Crippen molar-refractivity contribution in [3.8, 4) is 5.75 Å². The molecule has 1 rings (SSSR count). The van der Waals surface area contributed by atoms with Crippen LogP contribution < -0.4 is 5.32 Å². The average Bonchev–Trinajstić information content (AvgIpc) is 2.27. The van der Waals surface area contributed by atoms with Crippen LogP contribution in [0.1, 0.15) is 45.7 Å². The fourth-order valence-electron chi connectivity index (χ4n) is 2.07. The molecule has 0 saturated carbocycles. The van der Waals surface area contributed by atoms with Crippen molar-refractivity contribution < 1.29 is 14.6 Å². The van der Waals surface area contributed by atoms with E-state index in [0.29, 0.717) is 18.5 Å². The van der Waals surface area contributed by atoms with Gasteiger partial charge in [-0.05, 0) is 37.0 Å². The summed E-state index contributed by atoms with van der Waals surface area (Å²) in [4.78, 5) is 0. The zero-order chi connectivity index (χ0) is 14.6. The monoisotopic (exact) mass is 269 g/mol. The Labute approximate surface area is 114 Å². The van der Waals surface area contributed by atoms with Crippen molar-refractivity contribution in [1.82, 2.24) is 5.32 Å². The van der Waals surface area contributed by atoms with Crippen LogP contribution in [0.4, 0.5) is 4.39 Å². The summed E-state index contributed by atoms with van der Waals surface area (Å²) in [5, 5.41) is 22.7. The molecular weight excluding hydrogens is 245 g/mol. The number of aromatic hydroxyl groups is 1. The molecular formula is C15H24FNO2. The van der Waals surface area contributed by atoms with Crippen LogP contribution in [0.2, 0.25) is 0 Å². The summed E-state index contributed by atoms with van der Waals surface area (Å²) >= 11 is 0. The van der Waals surface area contributed by atoms with Crippen LogP contribution in [0.15, 0.2) is 18.2 Å². The molecule has 1 aromatic carbocycles. The highest BCUT2D eigenvalue weighted by atomic mass is 19.1. The zero-order valence-electron chi connectivity index (χ0n) is 12.1. The first-order chi connectivity index (χ1) is 8.69. The predicted molar refractivity (Wildman–Crippen MR) is 74.6 cm³/mol. The number of halogens is 1. The number of phenols is 1. The summed E-state index contributed by atoms with van der Waals surface area (Å²) in [6.45, 7) is 8.45. The van der Waals surface area contributed by atoms with Crippen LogP contribution in [0.5, 0.6) is 5.75 Å². The lowest BCUT2D eigenvalue weighted by Crippen LogP contribution is -2.31. The molecule has 0 aliphatic rings. The standard InChI is InChI=1S/C15H24FNO2/c1-10(13-7-11(16)5-6-14(13)19)17-9-12(18)8-15(2,3)4/h5-7,10,12,17-19H,8-9H2,1-4H3. The highest BCUT2D eigenvalue weighted by molar-refractivity contribution is 5.34. The second kappa shape index (κ2) is 6.35. The molecule has 0 aliphatic heterocycles. The molecule has 0 fully saturated rings. The molecule has 0 spiro atoms. The van der Waals surface area contributed by atoms with Crippen LogP contribution in [0.3, 0.4) is 0 Å². The minimum atomic E-state index is -0.460. The van der Waals surface area contributed by atoms with Crippen molar-refractivity contribution in [3.63, 3.8) is 0 Å². The van der Waals surface area contributed by atoms with E-state index in [2.05, 4.69) is 26.1 Å². The molecule has 3 nitrogen and oxygen atoms in total. The summed E-state index contributed by atoms with van der Waals surface area (Å²) in [5.41, 5.74) is 0.564. The fraction of sp³-hybridized carbons (Fsp3) is 0.600. The van der Waals surface area contributed by atoms with E-state index in [-0.39, 0.29) is 23.0 Å². The van der Waals surface area contributed by atoms with Crippen molar-refractivity contribution in [1.29, 1.82) is 0 Å². The number of hydrogen-bond donors (Lipinski definition) is 3. The third-order valence-corrected chi connectivity index (χ3v) is 2.96. The highest BCUT2D eigenvalue weighted by Crippen LogP contribution is 2.25. The van der Waals surface area contributed by atoms with Crippen molar-refractivity contribution in [2.45, 2.75) is 46.3 Å². The number of aliphatic hydroxyl groups is 1. The molecule has 4 heteroatoms. The molecule has 0 aliphatic carbocycles. The van der Waals surface area contributed by atoms with Gasteiger partial charge in [0.1, 0.15) is 11.6 Å². The summed E-state index contributed by atoms with van der Waals surface area (Å²) in [7, 11) is 0. The van der Waals surface area contributed by atoms with Gasteiger partial charge in [-0.2, -0.15) is 0 Å². The average molecular weight is 269 g/mol. The normalized spacial score (nSPS) is 15.3. The Balaban J connectivity index is 2.56. The molecule has 1 aromatic rings. The second-order valence-corrected chi connectivity index (χ2v) is 6.25. The van der Waals surface area contributed by atoms with Crippen LogP contribution in [-0.4, -0.2) is 22.9 Å². The molecule has 0 saturated heterocycles. The van der Waals surface area contributed by atoms with Crippen LogP contribution in [0.25, 0.3) is 0 Å². The second-order valence-electron chi connectivity index (χ2n) is 6.25. The first-order valence-corrected chi connectivity index (χ1v) is 6.59. The summed E-state index contributed by atoms with van der Waals surface area (Å²) in [5.74, 6) is -0.316. The van der Waals surface area contributed by atoms with E-state index in [0.717, 1.165) is 0 Å². The van der Waals surface area contributed by atoms with E-state index in [1.165, 1.54) is 18.2 Å². The lowest BCUT2D eigenvalue weighted by molar-refractivity contribution is 0.117. The van der Waals surface area contributed by atoms with Gasteiger partial charge >= 0.3 is 0 Å². The molecule has 108 valence electrons. The Hall–Kier alpha value is -1.13. The van der Waals surface area contributed by atoms with Crippen molar-refractivity contribution >= 4 is 0 Å². The first kappa shape index (κ1) is 15.9. The van der Waals surface area contributed by atoms with E-state index < -0.39 is 6.10 Å². The lowest BCUT2D eigenvalue weighted by Gasteiger charge is -2.24.